The van der Waals surface area contributed by atoms with E-state index in [0.29, 0.717) is 6.04 Å². The van der Waals surface area contributed by atoms with Crippen molar-refractivity contribution in [3.05, 3.63) is 64.7 Å². The molecule has 0 N–H and O–H groups in total. The van der Waals surface area contributed by atoms with Crippen molar-refractivity contribution in [2.75, 3.05) is 7.11 Å². The van der Waals surface area contributed by atoms with E-state index < -0.39 is 0 Å². The second kappa shape index (κ2) is 13.3. The molecule has 0 spiro atoms. The van der Waals surface area contributed by atoms with E-state index in [-0.39, 0.29) is 0 Å². The van der Waals surface area contributed by atoms with Crippen molar-refractivity contribution in [2.24, 2.45) is 5.92 Å². The first kappa shape index (κ1) is 26.0. The zero-order valence-corrected chi connectivity index (χ0v) is 21.3. The first-order valence-corrected chi connectivity index (χ1v) is 12.5. The Labute approximate surface area is 196 Å². The molecule has 0 aromatic carbocycles. The molecule has 1 heterocycles. The average Bonchev–Trinajstić information content (AvgIpc) is 3.16. The molecular formula is C29H44N2O. The highest BCUT2D eigenvalue weighted by Crippen LogP contribution is 2.32. The van der Waals surface area contributed by atoms with Crippen LogP contribution in [-0.4, -0.2) is 16.9 Å². The average molecular weight is 437 g/mol. The summed E-state index contributed by atoms with van der Waals surface area (Å²) in [5.74, 6) is 1.56. The van der Waals surface area contributed by atoms with Crippen LogP contribution in [0.25, 0.3) is 12.2 Å². The summed E-state index contributed by atoms with van der Waals surface area (Å²) in [6.45, 7) is 15.2. The summed E-state index contributed by atoms with van der Waals surface area (Å²) in [6, 6.07) is 0.471. The van der Waals surface area contributed by atoms with Crippen LogP contribution >= 0.6 is 0 Å². The van der Waals surface area contributed by atoms with Gasteiger partial charge in [0.05, 0.1) is 25.0 Å². The Morgan fingerprint density at radius 2 is 1.94 bits per heavy atom. The van der Waals surface area contributed by atoms with E-state index >= 15 is 0 Å². The molecule has 32 heavy (non-hydrogen) atoms. The van der Waals surface area contributed by atoms with Gasteiger partial charge < -0.3 is 4.74 Å². The maximum absolute atomic E-state index is 5.36. The number of methoxy groups -OCH3 is 1. The third-order valence-corrected chi connectivity index (χ3v) is 6.70. The van der Waals surface area contributed by atoms with Gasteiger partial charge in [-0.15, -0.1) is 0 Å². The fourth-order valence-corrected chi connectivity index (χ4v) is 4.34. The van der Waals surface area contributed by atoms with Gasteiger partial charge in [0, 0.05) is 5.56 Å². The summed E-state index contributed by atoms with van der Waals surface area (Å²) in [5.41, 5.74) is 6.67. The van der Waals surface area contributed by atoms with E-state index in [2.05, 4.69) is 70.3 Å². The van der Waals surface area contributed by atoms with Crippen LogP contribution in [-0.2, 0) is 4.74 Å². The molecule has 0 aliphatic heterocycles. The Morgan fingerprint density at radius 1 is 1.16 bits per heavy atom. The number of allylic oxidation sites excluding steroid dienone is 6. The van der Waals surface area contributed by atoms with Crippen molar-refractivity contribution >= 4 is 12.2 Å². The van der Waals surface area contributed by atoms with Crippen LogP contribution in [0.5, 0.6) is 0 Å². The molecule has 3 heteroatoms. The standard InChI is InChI=1S/C29H44N2O/c1-8-12-27(17-14-22(5)9-2)31-29-19-23(6)13-15-25(20-26(29)21-30-31)24(10-3)16-18-28(11-4)32-7/h11,16,18-22,27H,4,8-10,12-15,17H2,1-3,5-7H3/b23-19+,24-16+,25-20+,28-18+. The highest BCUT2D eigenvalue weighted by molar-refractivity contribution is 5.69. The minimum Gasteiger partial charge on any atom is -0.497 e. The number of ether oxygens (including phenoxy) is 1. The zero-order chi connectivity index (χ0) is 23.5. The first-order chi connectivity index (χ1) is 15.5. The van der Waals surface area contributed by atoms with Crippen LogP contribution in [0, 0.1) is 5.92 Å². The second-order valence-corrected chi connectivity index (χ2v) is 9.15. The van der Waals surface area contributed by atoms with Gasteiger partial charge in [-0.05, 0) is 86.8 Å². The number of aromatic nitrogens is 2. The molecule has 3 nitrogen and oxygen atoms in total. The summed E-state index contributed by atoms with van der Waals surface area (Å²) < 4.78 is 7.68. The van der Waals surface area contributed by atoms with Crippen molar-refractivity contribution in [2.45, 2.75) is 92.0 Å². The van der Waals surface area contributed by atoms with Crippen LogP contribution in [0.15, 0.2) is 53.5 Å². The SMILES string of the molecule is C=C\C(=C/C=C(CC)/C1=C/c2cnn(C(CCC)CCC(C)CC)c2/C=C(\C)CC1)OC. The largest absolute Gasteiger partial charge is 0.497 e. The molecule has 176 valence electrons. The van der Waals surface area contributed by atoms with Gasteiger partial charge in [0.2, 0.25) is 0 Å². The van der Waals surface area contributed by atoms with E-state index in [9.17, 15) is 0 Å². The zero-order valence-electron chi connectivity index (χ0n) is 21.3. The maximum Gasteiger partial charge on any atom is 0.118 e. The summed E-state index contributed by atoms with van der Waals surface area (Å²) in [4.78, 5) is 0. The molecule has 0 saturated heterocycles. The Hall–Kier alpha value is -2.29. The number of fused-ring (bicyclic) bond motifs is 1. The number of nitrogens with zero attached hydrogens (tertiary/aromatic N) is 2. The van der Waals surface area contributed by atoms with Gasteiger partial charge in [0.25, 0.3) is 0 Å². The van der Waals surface area contributed by atoms with Gasteiger partial charge in [-0.1, -0.05) is 58.8 Å². The van der Waals surface area contributed by atoms with Crippen molar-refractivity contribution in [3.8, 4) is 0 Å². The summed E-state index contributed by atoms with van der Waals surface area (Å²) in [5, 5.41) is 4.92. The summed E-state index contributed by atoms with van der Waals surface area (Å²) in [7, 11) is 1.69. The van der Waals surface area contributed by atoms with E-state index in [1.54, 1.807) is 13.2 Å². The first-order valence-electron chi connectivity index (χ1n) is 12.5. The van der Waals surface area contributed by atoms with Crippen molar-refractivity contribution < 1.29 is 4.74 Å². The van der Waals surface area contributed by atoms with Gasteiger partial charge in [-0.25, -0.2) is 0 Å². The van der Waals surface area contributed by atoms with E-state index in [4.69, 9.17) is 9.84 Å². The van der Waals surface area contributed by atoms with Gasteiger partial charge in [0.15, 0.2) is 0 Å². The van der Waals surface area contributed by atoms with Crippen molar-refractivity contribution in [1.82, 2.24) is 9.78 Å². The molecule has 2 unspecified atom stereocenters. The lowest BCUT2D eigenvalue weighted by atomic mass is 9.92. The molecule has 0 amide bonds. The monoisotopic (exact) mass is 436 g/mol. The van der Waals surface area contributed by atoms with Gasteiger partial charge in [-0.2, -0.15) is 5.10 Å². The summed E-state index contributed by atoms with van der Waals surface area (Å²) >= 11 is 0. The molecule has 0 fully saturated rings. The molecule has 2 rings (SSSR count). The Bertz CT molecular complexity index is 866. The van der Waals surface area contributed by atoms with Crippen molar-refractivity contribution in [3.63, 3.8) is 0 Å². The van der Waals surface area contributed by atoms with Crippen LogP contribution in [0.3, 0.4) is 0 Å². The van der Waals surface area contributed by atoms with Crippen LogP contribution < -0.4 is 0 Å². The molecule has 1 aromatic rings. The molecular weight excluding hydrogens is 392 g/mol. The molecule has 2 atom stereocenters. The number of rotatable bonds is 12. The van der Waals surface area contributed by atoms with E-state index in [1.807, 2.05) is 6.08 Å². The predicted molar refractivity (Wildman–Crippen MR) is 139 cm³/mol. The highest BCUT2D eigenvalue weighted by atomic mass is 16.5. The van der Waals surface area contributed by atoms with E-state index in [1.165, 1.54) is 60.1 Å². The molecule has 0 radical (unpaired) electrons. The smallest absolute Gasteiger partial charge is 0.118 e. The van der Waals surface area contributed by atoms with Crippen LogP contribution in [0.4, 0.5) is 0 Å². The lowest BCUT2D eigenvalue weighted by Crippen LogP contribution is -2.14. The maximum atomic E-state index is 5.36. The number of hydrogen-bond donors (Lipinski definition) is 0. The quantitative estimate of drug-likeness (QED) is 0.242. The Kier molecular flexibility index (Phi) is 10.8. The minimum atomic E-state index is 0.471. The topological polar surface area (TPSA) is 27.1 Å². The van der Waals surface area contributed by atoms with E-state index in [0.717, 1.165) is 30.9 Å². The third-order valence-electron chi connectivity index (χ3n) is 6.70. The Balaban J connectivity index is 2.46. The Morgan fingerprint density at radius 3 is 2.56 bits per heavy atom. The lowest BCUT2D eigenvalue weighted by molar-refractivity contribution is 0.307. The van der Waals surface area contributed by atoms with Gasteiger partial charge in [-0.3, -0.25) is 4.68 Å². The summed E-state index contributed by atoms with van der Waals surface area (Å²) in [6.07, 6.45) is 21.9. The van der Waals surface area contributed by atoms with Gasteiger partial charge >= 0.3 is 0 Å². The highest BCUT2D eigenvalue weighted by Gasteiger charge is 2.19. The van der Waals surface area contributed by atoms with Crippen molar-refractivity contribution in [1.29, 1.82) is 0 Å². The third kappa shape index (κ3) is 7.12. The van der Waals surface area contributed by atoms with Crippen LogP contribution in [0.2, 0.25) is 0 Å². The second-order valence-electron chi connectivity index (χ2n) is 9.15. The minimum absolute atomic E-state index is 0.471. The molecule has 1 aliphatic carbocycles. The normalized spacial score (nSPS) is 20.2. The lowest BCUT2D eigenvalue weighted by Gasteiger charge is -2.22. The molecule has 1 aliphatic rings. The predicted octanol–water partition coefficient (Wildman–Crippen LogP) is 8.68. The number of hydrogen-bond acceptors (Lipinski definition) is 2. The molecule has 1 aromatic heterocycles. The fraction of sp³-hybridized carbons (Fsp3) is 0.552. The molecule has 0 saturated carbocycles. The molecule has 0 bridgehead atoms. The van der Waals surface area contributed by atoms with Crippen LogP contribution in [0.1, 0.15) is 103 Å². The fourth-order valence-electron chi connectivity index (χ4n) is 4.34. The van der Waals surface area contributed by atoms with Gasteiger partial charge in [0.1, 0.15) is 5.76 Å².